The monoisotopic (exact) mass is 362 g/mol. The fraction of sp³-hybridized carbons (Fsp3) is 0.176. The molecule has 0 aliphatic heterocycles. The van der Waals surface area contributed by atoms with Crippen LogP contribution in [0.15, 0.2) is 52.3 Å². The van der Waals surface area contributed by atoms with Crippen LogP contribution in [0.1, 0.15) is 24.2 Å². The average Bonchev–Trinajstić information content (AvgIpc) is 2.89. The summed E-state index contributed by atoms with van der Waals surface area (Å²) in [5, 5.41) is 13.2. The third-order valence-corrected chi connectivity index (χ3v) is 4.87. The maximum atomic E-state index is 9.86. The Bertz CT molecular complexity index is 764. The van der Waals surface area contributed by atoms with Crippen molar-refractivity contribution in [1.29, 1.82) is 0 Å². The van der Waals surface area contributed by atoms with Gasteiger partial charge in [-0.2, -0.15) is 0 Å². The molecule has 4 heteroatoms. The summed E-state index contributed by atoms with van der Waals surface area (Å²) in [5.41, 5.74) is 1.97. The van der Waals surface area contributed by atoms with Gasteiger partial charge in [0.1, 0.15) is 12.4 Å². The molecule has 108 valence electrons. The van der Waals surface area contributed by atoms with Gasteiger partial charge >= 0.3 is 0 Å². The van der Waals surface area contributed by atoms with Crippen LogP contribution in [-0.2, 0) is 6.61 Å². The number of hydrogen-bond donors (Lipinski definition) is 1. The van der Waals surface area contributed by atoms with Crippen molar-refractivity contribution < 1.29 is 9.84 Å². The van der Waals surface area contributed by atoms with E-state index in [-0.39, 0.29) is 0 Å². The minimum Gasteiger partial charge on any atom is -0.488 e. The molecule has 0 radical (unpaired) electrons. The van der Waals surface area contributed by atoms with Crippen molar-refractivity contribution in [3.05, 3.63) is 63.4 Å². The maximum absolute atomic E-state index is 9.86. The first-order valence-corrected chi connectivity index (χ1v) is 8.38. The quantitative estimate of drug-likeness (QED) is 0.682. The molecule has 0 saturated carbocycles. The van der Waals surface area contributed by atoms with Crippen LogP contribution in [0.4, 0.5) is 0 Å². The zero-order valence-electron chi connectivity index (χ0n) is 11.5. The number of fused-ring (bicyclic) bond motifs is 1. The molecule has 1 N–H and O–H groups in total. The highest BCUT2D eigenvalue weighted by molar-refractivity contribution is 9.10. The molecule has 2 aromatic carbocycles. The molecule has 3 rings (SSSR count). The predicted octanol–water partition coefficient (Wildman–Crippen LogP) is 5.30. The standard InChI is InChI=1S/C17H15BrO2S/c1-11(19)15-8-13(18)6-7-16(15)20-9-12-10-21-17-5-3-2-4-14(12)17/h2-8,10-11,19H,9H2,1H3. The van der Waals surface area contributed by atoms with Crippen LogP contribution in [0.5, 0.6) is 5.75 Å². The summed E-state index contributed by atoms with van der Waals surface area (Å²) in [6, 6.07) is 14.0. The second-order valence-corrected chi connectivity index (χ2v) is 6.73. The first kappa shape index (κ1) is 14.6. The number of thiophene rings is 1. The normalized spacial score (nSPS) is 12.5. The molecule has 0 aliphatic carbocycles. The Hall–Kier alpha value is -1.36. The molecule has 1 aromatic heterocycles. The Labute approximate surface area is 136 Å². The van der Waals surface area contributed by atoms with Crippen molar-refractivity contribution in [3.8, 4) is 5.75 Å². The fourth-order valence-corrected chi connectivity index (χ4v) is 3.60. The Morgan fingerprint density at radius 3 is 2.86 bits per heavy atom. The van der Waals surface area contributed by atoms with E-state index in [9.17, 15) is 5.11 Å². The van der Waals surface area contributed by atoms with E-state index in [4.69, 9.17) is 4.74 Å². The SMILES string of the molecule is CC(O)c1cc(Br)ccc1OCc1csc2ccccc12. The molecular weight excluding hydrogens is 348 g/mol. The molecule has 0 spiro atoms. The van der Waals surface area contributed by atoms with Gasteiger partial charge in [0, 0.05) is 20.3 Å². The summed E-state index contributed by atoms with van der Waals surface area (Å²) in [6.45, 7) is 2.25. The summed E-state index contributed by atoms with van der Waals surface area (Å²) < 4.78 is 8.13. The maximum Gasteiger partial charge on any atom is 0.125 e. The number of hydrogen-bond acceptors (Lipinski definition) is 3. The van der Waals surface area contributed by atoms with E-state index in [1.165, 1.54) is 15.6 Å². The second-order valence-electron chi connectivity index (χ2n) is 4.90. The first-order valence-electron chi connectivity index (χ1n) is 6.70. The molecule has 0 aliphatic rings. The third-order valence-electron chi connectivity index (χ3n) is 3.37. The lowest BCUT2D eigenvalue weighted by molar-refractivity contribution is 0.190. The lowest BCUT2D eigenvalue weighted by atomic mass is 10.1. The lowest BCUT2D eigenvalue weighted by Crippen LogP contribution is -2.00. The molecule has 1 unspecified atom stereocenters. The van der Waals surface area contributed by atoms with Gasteiger partial charge in [-0.25, -0.2) is 0 Å². The minimum absolute atomic E-state index is 0.505. The lowest BCUT2D eigenvalue weighted by Gasteiger charge is -2.13. The summed E-state index contributed by atoms with van der Waals surface area (Å²) in [6.07, 6.45) is -0.559. The van der Waals surface area contributed by atoms with Crippen molar-refractivity contribution >= 4 is 37.4 Å². The molecule has 3 aromatic rings. The number of rotatable bonds is 4. The predicted molar refractivity (Wildman–Crippen MR) is 90.9 cm³/mol. The zero-order chi connectivity index (χ0) is 14.8. The van der Waals surface area contributed by atoms with Crippen LogP contribution >= 0.6 is 27.3 Å². The Morgan fingerprint density at radius 2 is 2.05 bits per heavy atom. The Morgan fingerprint density at radius 1 is 1.24 bits per heavy atom. The van der Waals surface area contributed by atoms with Crippen LogP contribution in [0.2, 0.25) is 0 Å². The molecule has 1 atom stereocenters. The van der Waals surface area contributed by atoms with Gasteiger partial charge in [0.25, 0.3) is 0 Å². The van der Waals surface area contributed by atoms with Crippen LogP contribution in [0.25, 0.3) is 10.1 Å². The fourth-order valence-electron chi connectivity index (χ4n) is 2.28. The average molecular weight is 363 g/mol. The zero-order valence-corrected chi connectivity index (χ0v) is 13.9. The number of halogens is 1. The molecule has 0 saturated heterocycles. The van der Waals surface area contributed by atoms with Gasteiger partial charge in [0.15, 0.2) is 0 Å². The van der Waals surface area contributed by atoms with Gasteiger partial charge in [0.05, 0.1) is 6.10 Å². The smallest absolute Gasteiger partial charge is 0.125 e. The molecule has 0 fully saturated rings. The van der Waals surface area contributed by atoms with Crippen molar-refractivity contribution in [1.82, 2.24) is 0 Å². The second kappa shape index (κ2) is 6.18. The van der Waals surface area contributed by atoms with Crippen LogP contribution in [0.3, 0.4) is 0 Å². The number of aliphatic hydroxyl groups excluding tert-OH is 1. The van der Waals surface area contributed by atoms with Crippen LogP contribution in [-0.4, -0.2) is 5.11 Å². The largest absolute Gasteiger partial charge is 0.488 e. The topological polar surface area (TPSA) is 29.5 Å². The van der Waals surface area contributed by atoms with E-state index in [0.717, 1.165) is 15.8 Å². The van der Waals surface area contributed by atoms with E-state index < -0.39 is 6.10 Å². The van der Waals surface area contributed by atoms with Crippen molar-refractivity contribution in [2.75, 3.05) is 0 Å². The van der Waals surface area contributed by atoms with Gasteiger partial charge < -0.3 is 9.84 Å². The third kappa shape index (κ3) is 3.12. The molecule has 1 heterocycles. The van der Waals surface area contributed by atoms with Gasteiger partial charge in [-0.15, -0.1) is 11.3 Å². The van der Waals surface area contributed by atoms with Crippen LogP contribution < -0.4 is 4.74 Å². The van der Waals surface area contributed by atoms with Gasteiger partial charge in [-0.3, -0.25) is 0 Å². The number of benzene rings is 2. The van der Waals surface area contributed by atoms with E-state index in [0.29, 0.717) is 6.61 Å². The highest BCUT2D eigenvalue weighted by atomic mass is 79.9. The number of ether oxygens (including phenoxy) is 1. The summed E-state index contributed by atoms with van der Waals surface area (Å²) in [7, 11) is 0. The van der Waals surface area contributed by atoms with E-state index in [1.807, 2.05) is 30.3 Å². The minimum atomic E-state index is -0.559. The Balaban J connectivity index is 1.85. The molecule has 2 nitrogen and oxygen atoms in total. The molecule has 0 amide bonds. The van der Waals surface area contributed by atoms with Gasteiger partial charge in [-0.1, -0.05) is 34.1 Å². The molecule has 21 heavy (non-hydrogen) atoms. The van der Waals surface area contributed by atoms with Gasteiger partial charge in [-0.05, 0) is 42.0 Å². The van der Waals surface area contributed by atoms with E-state index >= 15 is 0 Å². The summed E-state index contributed by atoms with van der Waals surface area (Å²) in [5.74, 6) is 0.725. The van der Waals surface area contributed by atoms with Crippen molar-refractivity contribution in [2.45, 2.75) is 19.6 Å². The van der Waals surface area contributed by atoms with Crippen molar-refractivity contribution in [3.63, 3.8) is 0 Å². The highest BCUT2D eigenvalue weighted by Gasteiger charge is 2.11. The van der Waals surface area contributed by atoms with Crippen molar-refractivity contribution in [2.24, 2.45) is 0 Å². The summed E-state index contributed by atoms with van der Waals surface area (Å²) in [4.78, 5) is 0. The van der Waals surface area contributed by atoms with Gasteiger partial charge in [0.2, 0.25) is 0 Å². The van der Waals surface area contributed by atoms with E-state index in [2.05, 4.69) is 33.4 Å². The molecule has 0 bridgehead atoms. The van der Waals surface area contributed by atoms with Crippen LogP contribution in [0, 0.1) is 0 Å². The van der Waals surface area contributed by atoms with E-state index in [1.54, 1.807) is 18.3 Å². The first-order chi connectivity index (χ1) is 10.1. The highest BCUT2D eigenvalue weighted by Crippen LogP contribution is 2.31. The number of aliphatic hydroxyl groups is 1. The summed E-state index contributed by atoms with van der Waals surface area (Å²) >= 11 is 5.15. The Kier molecular flexibility index (Phi) is 4.29. The molecular formula is C17H15BrO2S.